The van der Waals surface area contributed by atoms with E-state index in [2.05, 4.69) is 60.0 Å². The van der Waals surface area contributed by atoms with Crippen LogP contribution in [0.2, 0.25) is 0 Å². The van der Waals surface area contributed by atoms with Gasteiger partial charge < -0.3 is 4.57 Å². The van der Waals surface area contributed by atoms with Crippen LogP contribution in [0.5, 0.6) is 0 Å². The fraction of sp³-hybridized carbons (Fsp3) is 0.800. The molecule has 0 radical (unpaired) electrons. The molecule has 2 nitrogen and oxygen atoms in total. The highest BCUT2D eigenvalue weighted by Crippen LogP contribution is 2.32. The molecule has 1 aromatic rings. The van der Waals surface area contributed by atoms with E-state index in [-0.39, 0.29) is 0 Å². The van der Waals surface area contributed by atoms with E-state index in [1.54, 1.807) is 0 Å². The summed E-state index contributed by atoms with van der Waals surface area (Å²) in [6.45, 7) is 18.0. The highest BCUT2D eigenvalue weighted by molar-refractivity contribution is 5.25. The lowest BCUT2D eigenvalue weighted by Gasteiger charge is -2.20. The summed E-state index contributed by atoms with van der Waals surface area (Å²) in [5, 5.41) is 0. The van der Waals surface area contributed by atoms with Gasteiger partial charge in [0, 0.05) is 17.7 Å². The quantitative estimate of drug-likeness (QED) is 0.732. The zero-order valence-corrected chi connectivity index (χ0v) is 12.7. The Labute approximate surface area is 106 Å². The fourth-order valence-corrected chi connectivity index (χ4v) is 2.43. The largest absolute Gasteiger partial charge is 0.329 e. The molecule has 2 heteroatoms. The minimum Gasteiger partial charge on any atom is -0.329 e. The topological polar surface area (TPSA) is 17.8 Å². The Morgan fingerprint density at radius 1 is 0.765 bits per heavy atom. The molecule has 0 amide bonds. The van der Waals surface area contributed by atoms with E-state index >= 15 is 0 Å². The lowest BCUT2D eigenvalue weighted by Crippen LogP contribution is -2.12. The molecule has 0 N–H and O–H groups in total. The predicted octanol–water partition coefficient (Wildman–Crippen LogP) is 4.83. The van der Waals surface area contributed by atoms with Gasteiger partial charge >= 0.3 is 0 Å². The molecule has 0 fully saturated rings. The van der Waals surface area contributed by atoms with Crippen LogP contribution in [0, 0.1) is 0 Å². The summed E-state index contributed by atoms with van der Waals surface area (Å²) >= 11 is 0. The molecule has 0 bridgehead atoms. The zero-order chi connectivity index (χ0) is 13.3. The van der Waals surface area contributed by atoms with Gasteiger partial charge in [-0.1, -0.05) is 41.5 Å². The second kappa shape index (κ2) is 5.24. The van der Waals surface area contributed by atoms with Crippen LogP contribution in [0.15, 0.2) is 0 Å². The molecule has 17 heavy (non-hydrogen) atoms. The van der Waals surface area contributed by atoms with Gasteiger partial charge in [0.05, 0.1) is 5.69 Å². The van der Waals surface area contributed by atoms with Gasteiger partial charge in [-0.15, -0.1) is 0 Å². The van der Waals surface area contributed by atoms with Crippen molar-refractivity contribution in [2.24, 2.45) is 0 Å². The van der Waals surface area contributed by atoms with Crippen LogP contribution in [0.25, 0.3) is 0 Å². The molecule has 0 aromatic carbocycles. The standard InChI is InChI=1S/C15H28N2/c1-9(2)13-14(10(3)4)17(12(7)8)15(16-13)11(5)6/h9-12H,1-8H3. The Kier molecular flexibility index (Phi) is 4.40. The fourth-order valence-electron chi connectivity index (χ4n) is 2.43. The summed E-state index contributed by atoms with van der Waals surface area (Å²) in [5.74, 6) is 2.77. The second-order valence-corrected chi connectivity index (χ2v) is 6.17. The maximum Gasteiger partial charge on any atom is 0.112 e. The smallest absolute Gasteiger partial charge is 0.112 e. The highest BCUT2D eigenvalue weighted by Gasteiger charge is 2.23. The van der Waals surface area contributed by atoms with E-state index < -0.39 is 0 Å². The van der Waals surface area contributed by atoms with Crippen molar-refractivity contribution in [3.8, 4) is 0 Å². The van der Waals surface area contributed by atoms with Crippen LogP contribution in [-0.4, -0.2) is 9.55 Å². The molecule has 1 rings (SSSR count). The molecule has 0 saturated heterocycles. The van der Waals surface area contributed by atoms with E-state index in [4.69, 9.17) is 4.98 Å². The summed E-state index contributed by atoms with van der Waals surface area (Å²) < 4.78 is 2.45. The Balaban J connectivity index is 3.49. The Morgan fingerprint density at radius 3 is 1.59 bits per heavy atom. The van der Waals surface area contributed by atoms with Crippen molar-refractivity contribution in [3.05, 3.63) is 17.2 Å². The summed E-state index contributed by atoms with van der Waals surface area (Å²) in [5.41, 5.74) is 2.72. The van der Waals surface area contributed by atoms with Crippen LogP contribution in [0.1, 0.15) is 96.4 Å². The Hall–Kier alpha value is -0.790. The van der Waals surface area contributed by atoms with Crippen molar-refractivity contribution in [3.63, 3.8) is 0 Å². The summed E-state index contributed by atoms with van der Waals surface area (Å²) in [6, 6.07) is 0.491. The molecule has 0 unspecified atom stereocenters. The first-order valence-corrected chi connectivity index (χ1v) is 6.89. The molecule has 98 valence electrons. The minimum absolute atomic E-state index is 0.488. The number of hydrogen-bond donors (Lipinski definition) is 0. The lowest BCUT2D eigenvalue weighted by molar-refractivity contribution is 0.517. The zero-order valence-electron chi connectivity index (χ0n) is 12.7. The first-order valence-electron chi connectivity index (χ1n) is 6.89. The number of hydrogen-bond acceptors (Lipinski definition) is 1. The Bertz CT molecular complexity index is 336. The third-order valence-corrected chi connectivity index (χ3v) is 3.13. The molecule has 1 heterocycles. The van der Waals surface area contributed by atoms with Gasteiger partial charge in [0.1, 0.15) is 5.82 Å². The highest BCUT2D eigenvalue weighted by atomic mass is 15.1. The van der Waals surface area contributed by atoms with Crippen LogP contribution >= 0.6 is 0 Å². The van der Waals surface area contributed by atoms with Gasteiger partial charge in [-0.2, -0.15) is 0 Å². The van der Waals surface area contributed by atoms with Gasteiger partial charge in [0.25, 0.3) is 0 Å². The number of nitrogens with zero attached hydrogens (tertiary/aromatic N) is 2. The Morgan fingerprint density at radius 2 is 1.29 bits per heavy atom. The first-order chi connectivity index (χ1) is 7.77. The van der Waals surface area contributed by atoms with Crippen molar-refractivity contribution >= 4 is 0 Å². The van der Waals surface area contributed by atoms with Crippen molar-refractivity contribution in [2.75, 3.05) is 0 Å². The van der Waals surface area contributed by atoms with Crippen molar-refractivity contribution in [1.82, 2.24) is 9.55 Å². The summed E-state index contributed by atoms with van der Waals surface area (Å²) in [7, 11) is 0. The molecule has 0 aliphatic rings. The molecule has 0 aliphatic heterocycles. The van der Waals surface area contributed by atoms with Crippen LogP contribution < -0.4 is 0 Å². The number of aromatic nitrogens is 2. The predicted molar refractivity (Wildman–Crippen MR) is 74.9 cm³/mol. The van der Waals surface area contributed by atoms with Gasteiger partial charge in [-0.05, 0) is 25.7 Å². The molecule has 0 aliphatic carbocycles. The summed E-state index contributed by atoms with van der Waals surface area (Å²) in [4.78, 5) is 4.91. The first kappa shape index (κ1) is 14.3. The molecule has 0 saturated carbocycles. The second-order valence-electron chi connectivity index (χ2n) is 6.17. The van der Waals surface area contributed by atoms with E-state index in [0.717, 1.165) is 0 Å². The average molecular weight is 236 g/mol. The maximum absolute atomic E-state index is 4.91. The van der Waals surface area contributed by atoms with Gasteiger partial charge in [-0.25, -0.2) is 4.98 Å². The van der Waals surface area contributed by atoms with Gasteiger partial charge in [-0.3, -0.25) is 0 Å². The molecule has 0 atom stereocenters. The SMILES string of the molecule is CC(C)c1nc(C(C)C)n(C(C)C)c1C(C)C. The third-order valence-electron chi connectivity index (χ3n) is 3.13. The van der Waals surface area contributed by atoms with Crippen molar-refractivity contribution < 1.29 is 0 Å². The van der Waals surface area contributed by atoms with Crippen LogP contribution in [-0.2, 0) is 0 Å². The molecular weight excluding hydrogens is 208 g/mol. The molecule has 0 spiro atoms. The number of rotatable bonds is 4. The lowest BCUT2D eigenvalue weighted by atomic mass is 10.0. The van der Waals surface area contributed by atoms with Crippen LogP contribution in [0.4, 0.5) is 0 Å². The van der Waals surface area contributed by atoms with E-state index in [0.29, 0.717) is 23.8 Å². The summed E-state index contributed by atoms with van der Waals surface area (Å²) in [6.07, 6.45) is 0. The molecule has 1 aromatic heterocycles. The normalized spacial score (nSPS) is 12.5. The average Bonchev–Trinajstić information content (AvgIpc) is 2.56. The monoisotopic (exact) mass is 236 g/mol. The van der Waals surface area contributed by atoms with Crippen LogP contribution in [0.3, 0.4) is 0 Å². The van der Waals surface area contributed by atoms with Gasteiger partial charge in [0.2, 0.25) is 0 Å². The van der Waals surface area contributed by atoms with E-state index in [1.807, 2.05) is 0 Å². The number of imidazole rings is 1. The van der Waals surface area contributed by atoms with E-state index in [1.165, 1.54) is 17.2 Å². The van der Waals surface area contributed by atoms with Crippen molar-refractivity contribution in [1.29, 1.82) is 0 Å². The third kappa shape index (κ3) is 2.72. The minimum atomic E-state index is 0.488. The van der Waals surface area contributed by atoms with Gasteiger partial charge in [0.15, 0.2) is 0 Å². The molecular formula is C15H28N2. The maximum atomic E-state index is 4.91. The van der Waals surface area contributed by atoms with Crippen molar-refractivity contribution in [2.45, 2.75) is 79.2 Å². The van der Waals surface area contributed by atoms with E-state index in [9.17, 15) is 0 Å².